The Labute approximate surface area is 199 Å². The Morgan fingerprint density at radius 1 is 1.06 bits per heavy atom. The molecule has 4 atom stereocenters. The standard InChI is InChI=1S/C29H40N2O2/c1-33-19-8-7-14-27(28-15-6-5-13-26(28)22-10-3-2-4-11-22)24-12-9-18-31(21-24)29(32)23-16-17-25(30)20-23/h2-6,10-11,13,15,23-25,27H,7-9,12,14,16-21,30H2,1H3/t23-,24-,25+,27-/m1/s1. The van der Waals surface area contributed by atoms with Crippen LogP contribution in [0.3, 0.4) is 0 Å². The maximum absolute atomic E-state index is 13.3. The summed E-state index contributed by atoms with van der Waals surface area (Å²) >= 11 is 0. The normalized spacial score (nSPS) is 24.1. The molecule has 2 aromatic carbocycles. The second-order valence-corrected chi connectivity index (χ2v) is 10.0. The van der Waals surface area contributed by atoms with Crippen molar-refractivity contribution < 1.29 is 9.53 Å². The third-order valence-corrected chi connectivity index (χ3v) is 7.72. The van der Waals surface area contributed by atoms with Crippen LogP contribution in [-0.2, 0) is 9.53 Å². The monoisotopic (exact) mass is 448 g/mol. The van der Waals surface area contributed by atoms with E-state index < -0.39 is 0 Å². The lowest BCUT2D eigenvalue weighted by Gasteiger charge is -2.39. The largest absolute Gasteiger partial charge is 0.385 e. The molecule has 1 aliphatic heterocycles. The second kappa shape index (κ2) is 11.8. The van der Waals surface area contributed by atoms with Crippen LogP contribution in [0.2, 0.25) is 0 Å². The average Bonchev–Trinajstić information content (AvgIpc) is 3.30. The van der Waals surface area contributed by atoms with Crippen molar-refractivity contribution in [1.82, 2.24) is 4.90 Å². The number of hydrogen-bond acceptors (Lipinski definition) is 3. The van der Waals surface area contributed by atoms with Crippen molar-refractivity contribution in [3.8, 4) is 11.1 Å². The first kappa shape index (κ1) is 24.0. The van der Waals surface area contributed by atoms with Gasteiger partial charge in [0.25, 0.3) is 0 Å². The van der Waals surface area contributed by atoms with Gasteiger partial charge in [-0.3, -0.25) is 4.79 Å². The third kappa shape index (κ3) is 6.04. The summed E-state index contributed by atoms with van der Waals surface area (Å²) in [5.41, 5.74) is 10.2. The van der Waals surface area contributed by atoms with Gasteiger partial charge in [-0.1, -0.05) is 61.0 Å². The van der Waals surface area contributed by atoms with E-state index in [1.54, 1.807) is 7.11 Å². The number of benzene rings is 2. The fourth-order valence-corrected chi connectivity index (χ4v) is 5.99. The number of nitrogens with zero attached hydrogens (tertiary/aromatic N) is 1. The highest BCUT2D eigenvalue weighted by Gasteiger charge is 2.35. The Hall–Kier alpha value is -2.17. The van der Waals surface area contributed by atoms with Crippen molar-refractivity contribution in [3.63, 3.8) is 0 Å². The Morgan fingerprint density at radius 2 is 1.85 bits per heavy atom. The molecule has 1 saturated carbocycles. The van der Waals surface area contributed by atoms with Gasteiger partial charge in [-0.15, -0.1) is 0 Å². The smallest absolute Gasteiger partial charge is 0.225 e. The SMILES string of the molecule is COCCCC[C@@H](c1ccccc1-c1ccccc1)[C@@H]1CCCN(C(=O)[C@@H]2CC[C@H](N)C2)C1. The Balaban J connectivity index is 1.56. The molecule has 0 unspecified atom stereocenters. The molecule has 4 nitrogen and oxygen atoms in total. The molecule has 2 aromatic rings. The zero-order chi connectivity index (χ0) is 23.0. The topological polar surface area (TPSA) is 55.6 Å². The highest BCUT2D eigenvalue weighted by molar-refractivity contribution is 5.79. The van der Waals surface area contributed by atoms with E-state index in [0.717, 1.165) is 64.6 Å². The summed E-state index contributed by atoms with van der Waals surface area (Å²) in [5.74, 6) is 1.42. The first-order valence-corrected chi connectivity index (χ1v) is 12.8. The predicted octanol–water partition coefficient (Wildman–Crippen LogP) is 5.62. The van der Waals surface area contributed by atoms with Crippen LogP contribution in [0, 0.1) is 11.8 Å². The molecule has 1 saturated heterocycles. The van der Waals surface area contributed by atoms with Crippen molar-refractivity contribution in [2.75, 3.05) is 26.8 Å². The molecule has 1 aliphatic carbocycles. The number of hydrogen-bond donors (Lipinski definition) is 1. The number of amides is 1. The molecule has 1 heterocycles. The predicted molar refractivity (Wildman–Crippen MR) is 135 cm³/mol. The lowest BCUT2D eigenvalue weighted by molar-refractivity contribution is -0.137. The summed E-state index contributed by atoms with van der Waals surface area (Å²) in [4.78, 5) is 15.5. The van der Waals surface area contributed by atoms with E-state index in [2.05, 4.69) is 59.5 Å². The van der Waals surface area contributed by atoms with Crippen molar-refractivity contribution in [2.45, 2.75) is 63.3 Å². The maximum atomic E-state index is 13.3. The fraction of sp³-hybridized carbons (Fsp3) is 0.552. The number of carbonyl (C=O) groups is 1. The van der Waals surface area contributed by atoms with E-state index in [9.17, 15) is 4.79 Å². The minimum Gasteiger partial charge on any atom is -0.385 e. The quantitative estimate of drug-likeness (QED) is 0.507. The van der Waals surface area contributed by atoms with Crippen LogP contribution >= 0.6 is 0 Å². The highest BCUT2D eigenvalue weighted by atomic mass is 16.5. The second-order valence-electron chi connectivity index (χ2n) is 10.0. The molecule has 0 aromatic heterocycles. The molecule has 2 N–H and O–H groups in total. The summed E-state index contributed by atoms with van der Waals surface area (Å²) in [7, 11) is 1.78. The van der Waals surface area contributed by atoms with E-state index in [-0.39, 0.29) is 12.0 Å². The van der Waals surface area contributed by atoms with Crippen LogP contribution < -0.4 is 5.73 Å². The lowest BCUT2D eigenvalue weighted by atomic mass is 9.75. The van der Waals surface area contributed by atoms with E-state index >= 15 is 0 Å². The van der Waals surface area contributed by atoms with Gasteiger partial charge in [-0.2, -0.15) is 0 Å². The van der Waals surface area contributed by atoms with Gasteiger partial charge in [0.2, 0.25) is 5.91 Å². The number of unbranched alkanes of at least 4 members (excludes halogenated alkanes) is 1. The number of piperidine rings is 1. The lowest BCUT2D eigenvalue weighted by Crippen LogP contribution is -2.44. The number of rotatable bonds is 9. The van der Waals surface area contributed by atoms with Gasteiger partial charge < -0.3 is 15.4 Å². The van der Waals surface area contributed by atoms with E-state index in [1.165, 1.54) is 23.1 Å². The van der Waals surface area contributed by atoms with Crippen LogP contribution in [-0.4, -0.2) is 43.7 Å². The van der Waals surface area contributed by atoms with Gasteiger partial charge in [0, 0.05) is 38.8 Å². The third-order valence-electron chi connectivity index (χ3n) is 7.72. The summed E-state index contributed by atoms with van der Waals surface area (Å²) < 4.78 is 5.32. The van der Waals surface area contributed by atoms with E-state index in [1.807, 2.05) is 0 Å². The Kier molecular flexibility index (Phi) is 8.57. The van der Waals surface area contributed by atoms with Crippen LogP contribution in [0.25, 0.3) is 11.1 Å². The average molecular weight is 449 g/mol. The van der Waals surface area contributed by atoms with Gasteiger partial charge in [0.05, 0.1) is 0 Å². The molecule has 0 spiro atoms. The Bertz CT molecular complexity index is 884. The molecule has 2 fully saturated rings. The van der Waals surface area contributed by atoms with Gasteiger partial charge >= 0.3 is 0 Å². The Morgan fingerprint density at radius 3 is 2.61 bits per heavy atom. The van der Waals surface area contributed by atoms with Crippen molar-refractivity contribution >= 4 is 5.91 Å². The number of methoxy groups -OCH3 is 1. The van der Waals surface area contributed by atoms with E-state index in [0.29, 0.717) is 17.7 Å². The summed E-state index contributed by atoms with van der Waals surface area (Å²) in [5, 5.41) is 0. The fourth-order valence-electron chi connectivity index (χ4n) is 5.99. The molecule has 0 radical (unpaired) electrons. The molecule has 4 rings (SSSR count). The molecule has 4 heteroatoms. The zero-order valence-electron chi connectivity index (χ0n) is 20.1. The first-order valence-electron chi connectivity index (χ1n) is 12.8. The highest BCUT2D eigenvalue weighted by Crippen LogP contribution is 2.41. The summed E-state index contributed by atoms with van der Waals surface area (Å²) in [6, 6.07) is 19.8. The van der Waals surface area contributed by atoms with Gasteiger partial charge in [0.1, 0.15) is 0 Å². The van der Waals surface area contributed by atoms with Crippen LogP contribution in [0.15, 0.2) is 54.6 Å². The van der Waals surface area contributed by atoms with Crippen LogP contribution in [0.5, 0.6) is 0 Å². The number of carbonyl (C=O) groups excluding carboxylic acids is 1. The zero-order valence-corrected chi connectivity index (χ0v) is 20.1. The molecule has 33 heavy (non-hydrogen) atoms. The van der Waals surface area contributed by atoms with Gasteiger partial charge in [-0.05, 0) is 73.5 Å². The maximum Gasteiger partial charge on any atom is 0.225 e. The molecule has 1 amide bonds. The molecular formula is C29H40N2O2. The number of ether oxygens (including phenoxy) is 1. The first-order chi connectivity index (χ1) is 16.2. The molecule has 178 valence electrons. The van der Waals surface area contributed by atoms with Crippen LogP contribution in [0.4, 0.5) is 0 Å². The van der Waals surface area contributed by atoms with E-state index in [4.69, 9.17) is 10.5 Å². The molecule has 2 aliphatic rings. The van der Waals surface area contributed by atoms with Crippen molar-refractivity contribution in [2.24, 2.45) is 17.6 Å². The van der Waals surface area contributed by atoms with Gasteiger partial charge in [0.15, 0.2) is 0 Å². The number of nitrogens with two attached hydrogens (primary N) is 1. The molecule has 0 bridgehead atoms. The van der Waals surface area contributed by atoms with Crippen molar-refractivity contribution in [1.29, 1.82) is 0 Å². The molecular weight excluding hydrogens is 408 g/mol. The summed E-state index contributed by atoms with van der Waals surface area (Å²) in [6.45, 7) is 2.59. The minimum atomic E-state index is 0.135. The van der Waals surface area contributed by atoms with Crippen LogP contribution in [0.1, 0.15) is 62.8 Å². The van der Waals surface area contributed by atoms with Gasteiger partial charge in [-0.25, -0.2) is 0 Å². The minimum absolute atomic E-state index is 0.135. The number of likely N-dealkylation sites (tertiary alicyclic amines) is 1. The van der Waals surface area contributed by atoms with Crippen molar-refractivity contribution in [3.05, 3.63) is 60.2 Å². The summed E-state index contributed by atoms with van der Waals surface area (Å²) in [6.07, 6.45) is 8.44.